The molecule has 0 radical (unpaired) electrons. The largest absolute Gasteiger partial charge is 0.330 e. The highest BCUT2D eigenvalue weighted by Crippen LogP contribution is 2.29. The third-order valence-corrected chi connectivity index (χ3v) is 4.96. The summed E-state index contributed by atoms with van der Waals surface area (Å²) in [6, 6.07) is 10.5. The van der Waals surface area contributed by atoms with Crippen molar-refractivity contribution in [1.82, 2.24) is 4.90 Å². The molecular weight excluding hydrogens is 232 g/mol. The maximum atomic E-state index is 5.80. The molecule has 0 saturated carbocycles. The van der Waals surface area contributed by atoms with Crippen LogP contribution in [0.5, 0.6) is 0 Å². The molecule has 2 atom stereocenters. The zero-order valence-corrected chi connectivity index (χ0v) is 11.9. The first-order chi connectivity index (χ1) is 9.38. The van der Waals surface area contributed by atoms with Gasteiger partial charge >= 0.3 is 0 Å². The van der Waals surface area contributed by atoms with Crippen molar-refractivity contribution in [3.8, 4) is 0 Å². The highest BCUT2D eigenvalue weighted by atomic mass is 15.2. The molecule has 1 fully saturated rings. The first kappa shape index (κ1) is 13.1. The molecule has 2 nitrogen and oxygen atoms in total. The van der Waals surface area contributed by atoms with Crippen LogP contribution in [0.1, 0.15) is 43.2 Å². The van der Waals surface area contributed by atoms with Crippen LogP contribution in [-0.2, 0) is 12.8 Å². The van der Waals surface area contributed by atoms with E-state index < -0.39 is 0 Å². The molecule has 1 aromatic carbocycles. The number of hydrogen-bond donors (Lipinski definition) is 1. The summed E-state index contributed by atoms with van der Waals surface area (Å²) in [5, 5.41) is 0. The van der Waals surface area contributed by atoms with Crippen LogP contribution < -0.4 is 5.73 Å². The highest BCUT2D eigenvalue weighted by molar-refractivity contribution is 5.30. The molecule has 19 heavy (non-hydrogen) atoms. The maximum absolute atomic E-state index is 5.80. The van der Waals surface area contributed by atoms with Gasteiger partial charge < -0.3 is 5.73 Å². The van der Waals surface area contributed by atoms with Gasteiger partial charge in [0.25, 0.3) is 0 Å². The average molecular weight is 258 g/mol. The number of benzene rings is 1. The SMILES string of the molecule is NCCC1CCCCN1C1CCc2ccccc2C1. The minimum absolute atomic E-state index is 0.744. The number of fused-ring (bicyclic) bond motifs is 1. The Morgan fingerprint density at radius 2 is 1.95 bits per heavy atom. The van der Waals surface area contributed by atoms with Gasteiger partial charge in [0.15, 0.2) is 0 Å². The van der Waals surface area contributed by atoms with Crippen molar-refractivity contribution >= 4 is 0 Å². The standard InChI is InChI=1S/C17H26N2/c18-11-10-16-7-3-4-12-19(16)17-9-8-14-5-1-2-6-15(14)13-17/h1-2,5-6,16-17H,3-4,7-13,18H2. The normalized spacial score (nSPS) is 28.1. The lowest BCUT2D eigenvalue weighted by molar-refractivity contribution is 0.0819. The fourth-order valence-corrected chi connectivity index (χ4v) is 3.97. The van der Waals surface area contributed by atoms with E-state index in [0.29, 0.717) is 0 Å². The average Bonchev–Trinajstić information content (AvgIpc) is 2.48. The smallest absolute Gasteiger partial charge is 0.0142 e. The minimum Gasteiger partial charge on any atom is -0.330 e. The van der Waals surface area contributed by atoms with Crippen molar-refractivity contribution in [3.63, 3.8) is 0 Å². The Balaban J connectivity index is 1.72. The Morgan fingerprint density at radius 1 is 1.11 bits per heavy atom. The van der Waals surface area contributed by atoms with Gasteiger partial charge in [-0.1, -0.05) is 30.7 Å². The summed E-state index contributed by atoms with van der Waals surface area (Å²) in [6.07, 6.45) is 9.14. The lowest BCUT2D eigenvalue weighted by atomic mass is 9.85. The van der Waals surface area contributed by atoms with Crippen molar-refractivity contribution in [2.24, 2.45) is 5.73 Å². The van der Waals surface area contributed by atoms with Crippen molar-refractivity contribution < 1.29 is 0 Å². The quantitative estimate of drug-likeness (QED) is 0.903. The van der Waals surface area contributed by atoms with Gasteiger partial charge in [-0.05, 0) is 62.7 Å². The number of hydrogen-bond acceptors (Lipinski definition) is 2. The van der Waals surface area contributed by atoms with Crippen molar-refractivity contribution in [2.45, 2.75) is 57.0 Å². The fraction of sp³-hybridized carbons (Fsp3) is 0.647. The Hall–Kier alpha value is -0.860. The van der Waals surface area contributed by atoms with Gasteiger partial charge in [0.1, 0.15) is 0 Å². The van der Waals surface area contributed by atoms with E-state index in [1.807, 2.05) is 0 Å². The van der Waals surface area contributed by atoms with Crippen LogP contribution in [0.25, 0.3) is 0 Å². The second-order valence-electron chi connectivity index (χ2n) is 6.13. The Bertz CT molecular complexity index is 413. The van der Waals surface area contributed by atoms with E-state index in [1.54, 1.807) is 11.1 Å². The van der Waals surface area contributed by atoms with Crippen LogP contribution in [0.4, 0.5) is 0 Å². The Labute approximate surface area is 117 Å². The van der Waals surface area contributed by atoms with E-state index in [4.69, 9.17) is 5.73 Å². The number of likely N-dealkylation sites (tertiary alicyclic amines) is 1. The predicted octanol–water partition coefficient (Wildman–Crippen LogP) is 2.75. The summed E-state index contributed by atoms with van der Waals surface area (Å²) < 4.78 is 0. The molecule has 1 heterocycles. The van der Waals surface area contributed by atoms with Gasteiger partial charge in [-0.15, -0.1) is 0 Å². The molecule has 104 valence electrons. The lowest BCUT2D eigenvalue weighted by Crippen LogP contribution is -2.49. The van der Waals surface area contributed by atoms with Crippen LogP contribution in [0, 0.1) is 0 Å². The molecule has 0 amide bonds. The molecule has 3 rings (SSSR count). The zero-order valence-electron chi connectivity index (χ0n) is 11.9. The first-order valence-corrected chi connectivity index (χ1v) is 7.91. The molecule has 0 bridgehead atoms. The molecule has 2 N–H and O–H groups in total. The predicted molar refractivity (Wildman–Crippen MR) is 80.3 cm³/mol. The van der Waals surface area contributed by atoms with Gasteiger partial charge in [-0.3, -0.25) is 4.90 Å². The van der Waals surface area contributed by atoms with Crippen molar-refractivity contribution in [3.05, 3.63) is 35.4 Å². The molecule has 1 aromatic rings. The van der Waals surface area contributed by atoms with Crippen LogP contribution >= 0.6 is 0 Å². The minimum atomic E-state index is 0.744. The van der Waals surface area contributed by atoms with Crippen molar-refractivity contribution in [1.29, 1.82) is 0 Å². The number of nitrogens with zero attached hydrogens (tertiary/aromatic N) is 1. The Kier molecular flexibility index (Phi) is 4.19. The number of piperidine rings is 1. The molecule has 2 unspecified atom stereocenters. The lowest BCUT2D eigenvalue weighted by Gasteiger charge is -2.43. The fourth-order valence-electron chi connectivity index (χ4n) is 3.97. The van der Waals surface area contributed by atoms with E-state index in [-0.39, 0.29) is 0 Å². The molecule has 1 saturated heterocycles. The van der Waals surface area contributed by atoms with Crippen LogP contribution in [0.3, 0.4) is 0 Å². The van der Waals surface area contributed by atoms with Gasteiger partial charge in [0, 0.05) is 12.1 Å². The molecule has 1 aliphatic heterocycles. The van der Waals surface area contributed by atoms with E-state index in [0.717, 1.165) is 18.6 Å². The van der Waals surface area contributed by atoms with Gasteiger partial charge in [-0.2, -0.15) is 0 Å². The molecule has 0 aromatic heterocycles. The van der Waals surface area contributed by atoms with Crippen LogP contribution in [-0.4, -0.2) is 30.1 Å². The number of aryl methyl sites for hydroxylation is 1. The van der Waals surface area contributed by atoms with E-state index in [1.165, 1.54) is 51.5 Å². The molecular formula is C17H26N2. The molecule has 1 aliphatic carbocycles. The van der Waals surface area contributed by atoms with Gasteiger partial charge in [0.2, 0.25) is 0 Å². The summed E-state index contributed by atoms with van der Waals surface area (Å²) in [4.78, 5) is 2.78. The number of rotatable bonds is 3. The Morgan fingerprint density at radius 3 is 2.79 bits per heavy atom. The summed E-state index contributed by atoms with van der Waals surface area (Å²) in [7, 11) is 0. The monoisotopic (exact) mass is 258 g/mol. The second-order valence-corrected chi connectivity index (χ2v) is 6.13. The first-order valence-electron chi connectivity index (χ1n) is 7.91. The van der Waals surface area contributed by atoms with E-state index in [2.05, 4.69) is 29.2 Å². The molecule has 2 heteroatoms. The summed E-state index contributed by atoms with van der Waals surface area (Å²) in [5.41, 5.74) is 8.96. The molecule has 2 aliphatic rings. The topological polar surface area (TPSA) is 29.3 Å². The molecule has 0 spiro atoms. The maximum Gasteiger partial charge on any atom is 0.0142 e. The summed E-state index contributed by atoms with van der Waals surface area (Å²) in [6.45, 7) is 2.13. The van der Waals surface area contributed by atoms with Crippen LogP contribution in [0.2, 0.25) is 0 Å². The summed E-state index contributed by atoms with van der Waals surface area (Å²) in [5.74, 6) is 0. The third-order valence-electron chi connectivity index (χ3n) is 4.96. The highest BCUT2D eigenvalue weighted by Gasteiger charge is 2.30. The van der Waals surface area contributed by atoms with Crippen molar-refractivity contribution in [2.75, 3.05) is 13.1 Å². The van der Waals surface area contributed by atoms with E-state index in [9.17, 15) is 0 Å². The van der Waals surface area contributed by atoms with E-state index >= 15 is 0 Å². The van der Waals surface area contributed by atoms with Crippen LogP contribution in [0.15, 0.2) is 24.3 Å². The third kappa shape index (κ3) is 2.85. The van der Waals surface area contributed by atoms with Gasteiger partial charge in [-0.25, -0.2) is 0 Å². The number of nitrogens with two attached hydrogens (primary N) is 1. The summed E-state index contributed by atoms with van der Waals surface area (Å²) >= 11 is 0. The second kappa shape index (κ2) is 6.06. The van der Waals surface area contributed by atoms with Gasteiger partial charge in [0.05, 0.1) is 0 Å². The zero-order chi connectivity index (χ0) is 13.1.